The van der Waals surface area contributed by atoms with E-state index in [0.29, 0.717) is 6.54 Å². The highest BCUT2D eigenvalue weighted by Gasteiger charge is 2.23. The third-order valence-corrected chi connectivity index (χ3v) is 3.56. The van der Waals surface area contributed by atoms with Crippen LogP contribution in [0.4, 0.5) is 10.2 Å². The third-order valence-electron chi connectivity index (χ3n) is 3.56. The summed E-state index contributed by atoms with van der Waals surface area (Å²) >= 11 is 0. The van der Waals surface area contributed by atoms with Crippen molar-refractivity contribution >= 4 is 5.82 Å². The van der Waals surface area contributed by atoms with Crippen molar-refractivity contribution in [3.8, 4) is 0 Å². The predicted molar refractivity (Wildman–Crippen MR) is 78.4 cm³/mol. The molecule has 0 saturated carbocycles. The fourth-order valence-electron chi connectivity index (χ4n) is 2.65. The van der Waals surface area contributed by atoms with Crippen LogP contribution in [0.1, 0.15) is 32.3 Å². The van der Waals surface area contributed by atoms with Gasteiger partial charge >= 0.3 is 0 Å². The molecule has 1 saturated heterocycles. The number of nitrogens with zero attached hydrogens (tertiary/aromatic N) is 2. The SMILES string of the molecule is CCNCc1cc(F)cnc1N1CCCC(OCC)C1. The zero-order valence-electron chi connectivity index (χ0n) is 12.4. The first-order chi connectivity index (χ1) is 9.74. The average Bonchev–Trinajstić information content (AvgIpc) is 2.46. The standard InChI is InChI=1S/C15H24FN3O/c1-3-17-9-12-8-13(16)10-18-15(12)19-7-5-6-14(11-19)20-4-2/h8,10,14,17H,3-7,9,11H2,1-2H3. The van der Waals surface area contributed by atoms with Crippen molar-refractivity contribution in [2.75, 3.05) is 31.1 Å². The lowest BCUT2D eigenvalue weighted by Crippen LogP contribution is -2.40. The molecule has 1 fully saturated rings. The van der Waals surface area contributed by atoms with Gasteiger partial charge in [-0.15, -0.1) is 0 Å². The molecular formula is C15H24FN3O. The summed E-state index contributed by atoms with van der Waals surface area (Å²) in [4.78, 5) is 6.52. The highest BCUT2D eigenvalue weighted by Crippen LogP contribution is 2.23. The quantitative estimate of drug-likeness (QED) is 0.868. The second-order valence-corrected chi connectivity index (χ2v) is 5.08. The number of hydrogen-bond donors (Lipinski definition) is 1. The molecule has 0 aromatic carbocycles. The summed E-state index contributed by atoms with van der Waals surface area (Å²) in [7, 11) is 0. The van der Waals surface area contributed by atoms with Gasteiger partial charge in [-0.3, -0.25) is 0 Å². The van der Waals surface area contributed by atoms with Gasteiger partial charge in [0.25, 0.3) is 0 Å². The van der Waals surface area contributed by atoms with Crippen molar-refractivity contribution in [1.29, 1.82) is 0 Å². The molecule has 1 aliphatic rings. The zero-order chi connectivity index (χ0) is 14.4. The van der Waals surface area contributed by atoms with E-state index in [4.69, 9.17) is 4.74 Å². The minimum Gasteiger partial charge on any atom is -0.377 e. The maximum absolute atomic E-state index is 13.4. The summed E-state index contributed by atoms with van der Waals surface area (Å²) < 4.78 is 19.1. The minimum atomic E-state index is -0.278. The van der Waals surface area contributed by atoms with Gasteiger partial charge in [0.15, 0.2) is 0 Å². The molecule has 1 aliphatic heterocycles. The molecule has 0 amide bonds. The van der Waals surface area contributed by atoms with Gasteiger partial charge in [-0.05, 0) is 32.4 Å². The van der Waals surface area contributed by atoms with E-state index < -0.39 is 0 Å². The van der Waals surface area contributed by atoms with Crippen molar-refractivity contribution in [2.24, 2.45) is 0 Å². The Morgan fingerprint density at radius 3 is 3.10 bits per heavy atom. The van der Waals surface area contributed by atoms with E-state index in [9.17, 15) is 4.39 Å². The highest BCUT2D eigenvalue weighted by molar-refractivity contribution is 5.47. The Bertz CT molecular complexity index is 426. The van der Waals surface area contributed by atoms with Crippen LogP contribution in [-0.4, -0.2) is 37.3 Å². The number of ether oxygens (including phenoxy) is 1. The number of aromatic nitrogens is 1. The lowest BCUT2D eigenvalue weighted by molar-refractivity contribution is 0.0525. The molecule has 1 unspecified atom stereocenters. The molecule has 5 heteroatoms. The summed E-state index contributed by atoms with van der Waals surface area (Å²) in [6.45, 7) is 8.10. The van der Waals surface area contributed by atoms with E-state index in [-0.39, 0.29) is 11.9 Å². The van der Waals surface area contributed by atoms with Crippen LogP contribution in [0.15, 0.2) is 12.3 Å². The number of hydrogen-bond acceptors (Lipinski definition) is 4. The number of piperidine rings is 1. The van der Waals surface area contributed by atoms with Crippen LogP contribution in [0.25, 0.3) is 0 Å². The van der Waals surface area contributed by atoms with Crippen molar-refractivity contribution < 1.29 is 9.13 Å². The molecule has 1 aromatic heterocycles. The zero-order valence-corrected chi connectivity index (χ0v) is 12.4. The largest absolute Gasteiger partial charge is 0.377 e. The molecule has 20 heavy (non-hydrogen) atoms. The molecule has 2 rings (SSSR count). The predicted octanol–water partition coefficient (Wildman–Crippen LogP) is 2.34. The Kier molecular flexibility index (Phi) is 5.73. The lowest BCUT2D eigenvalue weighted by Gasteiger charge is -2.34. The van der Waals surface area contributed by atoms with Crippen LogP contribution >= 0.6 is 0 Å². The number of anilines is 1. The summed E-state index contributed by atoms with van der Waals surface area (Å²) in [5.74, 6) is 0.608. The second kappa shape index (κ2) is 7.55. The Morgan fingerprint density at radius 2 is 2.35 bits per heavy atom. The van der Waals surface area contributed by atoms with Gasteiger partial charge in [-0.25, -0.2) is 9.37 Å². The van der Waals surface area contributed by atoms with E-state index in [0.717, 1.165) is 50.5 Å². The molecule has 0 aliphatic carbocycles. The van der Waals surface area contributed by atoms with Crippen LogP contribution < -0.4 is 10.2 Å². The molecule has 0 bridgehead atoms. The third kappa shape index (κ3) is 3.90. The fourth-order valence-corrected chi connectivity index (χ4v) is 2.65. The Balaban J connectivity index is 2.13. The summed E-state index contributed by atoms with van der Waals surface area (Å²) in [6.07, 6.45) is 3.74. The molecule has 2 heterocycles. The van der Waals surface area contributed by atoms with E-state index in [1.807, 2.05) is 13.8 Å². The first-order valence-corrected chi connectivity index (χ1v) is 7.46. The maximum Gasteiger partial charge on any atom is 0.141 e. The van der Waals surface area contributed by atoms with Crippen LogP contribution in [0.3, 0.4) is 0 Å². The van der Waals surface area contributed by atoms with Crippen molar-refractivity contribution in [2.45, 2.75) is 39.3 Å². The van der Waals surface area contributed by atoms with E-state index >= 15 is 0 Å². The molecule has 4 nitrogen and oxygen atoms in total. The lowest BCUT2D eigenvalue weighted by atomic mass is 10.1. The first-order valence-electron chi connectivity index (χ1n) is 7.46. The van der Waals surface area contributed by atoms with Gasteiger partial charge < -0.3 is 15.0 Å². The van der Waals surface area contributed by atoms with Gasteiger partial charge in [0.2, 0.25) is 0 Å². The summed E-state index contributed by atoms with van der Waals surface area (Å²) in [5.41, 5.74) is 0.920. The number of pyridine rings is 1. The van der Waals surface area contributed by atoms with Gasteiger partial charge in [-0.1, -0.05) is 6.92 Å². The van der Waals surface area contributed by atoms with Crippen molar-refractivity contribution in [3.63, 3.8) is 0 Å². The van der Waals surface area contributed by atoms with E-state index in [2.05, 4.69) is 15.2 Å². The van der Waals surface area contributed by atoms with Crippen LogP contribution in [-0.2, 0) is 11.3 Å². The first kappa shape index (κ1) is 15.2. The molecule has 1 N–H and O–H groups in total. The Morgan fingerprint density at radius 1 is 1.50 bits per heavy atom. The van der Waals surface area contributed by atoms with Crippen molar-refractivity contribution in [1.82, 2.24) is 10.3 Å². The maximum atomic E-state index is 13.4. The second-order valence-electron chi connectivity index (χ2n) is 5.08. The topological polar surface area (TPSA) is 37.4 Å². The van der Waals surface area contributed by atoms with Gasteiger partial charge in [0.1, 0.15) is 11.6 Å². The fraction of sp³-hybridized carbons (Fsp3) is 0.667. The Labute approximate surface area is 120 Å². The smallest absolute Gasteiger partial charge is 0.141 e. The number of rotatable bonds is 6. The average molecular weight is 281 g/mol. The monoisotopic (exact) mass is 281 g/mol. The molecule has 1 aromatic rings. The molecule has 0 radical (unpaired) electrons. The van der Waals surface area contributed by atoms with Crippen LogP contribution in [0.2, 0.25) is 0 Å². The highest BCUT2D eigenvalue weighted by atomic mass is 19.1. The Hall–Kier alpha value is -1.20. The van der Waals surface area contributed by atoms with Gasteiger partial charge in [-0.2, -0.15) is 0 Å². The van der Waals surface area contributed by atoms with Gasteiger partial charge in [0.05, 0.1) is 12.3 Å². The molecular weight excluding hydrogens is 257 g/mol. The van der Waals surface area contributed by atoms with Crippen LogP contribution in [0.5, 0.6) is 0 Å². The summed E-state index contributed by atoms with van der Waals surface area (Å²) in [5, 5.41) is 3.24. The molecule has 0 spiro atoms. The van der Waals surface area contributed by atoms with Crippen molar-refractivity contribution in [3.05, 3.63) is 23.6 Å². The molecule has 112 valence electrons. The minimum absolute atomic E-state index is 0.257. The number of nitrogens with one attached hydrogen (secondary N) is 1. The number of halogens is 1. The normalized spacial score (nSPS) is 19.4. The summed E-state index contributed by atoms with van der Waals surface area (Å²) in [6, 6.07) is 1.58. The molecule has 1 atom stereocenters. The van der Waals surface area contributed by atoms with E-state index in [1.54, 1.807) is 6.07 Å². The van der Waals surface area contributed by atoms with Gasteiger partial charge in [0, 0.05) is 31.8 Å². The van der Waals surface area contributed by atoms with Crippen LogP contribution in [0, 0.1) is 5.82 Å². The van der Waals surface area contributed by atoms with E-state index in [1.165, 1.54) is 6.20 Å².